The van der Waals surface area contributed by atoms with Gasteiger partial charge in [-0.25, -0.2) is 9.59 Å². The van der Waals surface area contributed by atoms with E-state index in [4.69, 9.17) is 5.11 Å². The maximum atomic E-state index is 10.9. The molecule has 0 saturated heterocycles. The van der Waals surface area contributed by atoms with Gasteiger partial charge in [-0.05, 0) is 12.8 Å². The van der Waals surface area contributed by atoms with Crippen LogP contribution in [-0.4, -0.2) is 17.0 Å². The number of nitrogens with zero attached hydrogens (tertiary/aromatic N) is 1. The molecule has 6 nitrogen and oxygen atoms in total. The van der Waals surface area contributed by atoms with Crippen LogP contribution >= 0.6 is 0 Å². The van der Waals surface area contributed by atoms with Crippen molar-refractivity contribution >= 4 is 11.9 Å². The Kier molecular flexibility index (Phi) is 9.44. The molecule has 0 bridgehead atoms. The highest BCUT2D eigenvalue weighted by Crippen LogP contribution is 2.12. The average molecular weight is 257 g/mol. The third kappa shape index (κ3) is 8.43. The summed E-state index contributed by atoms with van der Waals surface area (Å²) in [6.45, 7) is 2.12. The Morgan fingerprint density at radius 3 is 2.33 bits per heavy atom. The number of hydrogen-bond donors (Lipinski definition) is 1. The molecule has 0 aliphatic rings. The number of rotatable bonds is 10. The van der Waals surface area contributed by atoms with Gasteiger partial charge in [-0.1, -0.05) is 39.0 Å². The van der Waals surface area contributed by atoms with Gasteiger partial charge >= 0.3 is 11.9 Å². The van der Waals surface area contributed by atoms with Gasteiger partial charge in [-0.3, -0.25) is 4.84 Å². The van der Waals surface area contributed by atoms with Crippen molar-refractivity contribution in [2.45, 2.75) is 51.9 Å². The summed E-state index contributed by atoms with van der Waals surface area (Å²) in [5.74, 6) is -2.22. The van der Waals surface area contributed by atoms with Crippen molar-refractivity contribution in [3.05, 3.63) is 16.6 Å². The summed E-state index contributed by atoms with van der Waals surface area (Å²) in [4.78, 5) is 35.1. The van der Waals surface area contributed by atoms with Gasteiger partial charge in [0.25, 0.3) is 0 Å². The van der Waals surface area contributed by atoms with Crippen LogP contribution in [-0.2, 0) is 14.4 Å². The van der Waals surface area contributed by atoms with E-state index in [0.29, 0.717) is 6.42 Å². The maximum Gasteiger partial charge on any atom is 0.362 e. The predicted molar refractivity (Wildman–Crippen MR) is 65.6 cm³/mol. The third-order valence-corrected chi connectivity index (χ3v) is 2.49. The Labute approximate surface area is 106 Å². The zero-order valence-electron chi connectivity index (χ0n) is 10.6. The molecule has 0 spiro atoms. The zero-order valence-corrected chi connectivity index (χ0v) is 10.6. The minimum Gasteiger partial charge on any atom is -0.478 e. The highest BCUT2D eigenvalue weighted by molar-refractivity contribution is 5.95. The Morgan fingerprint density at radius 2 is 1.78 bits per heavy atom. The summed E-state index contributed by atoms with van der Waals surface area (Å²) in [6, 6.07) is 0. The van der Waals surface area contributed by atoms with E-state index >= 15 is 0 Å². The van der Waals surface area contributed by atoms with Crippen LogP contribution in [0.4, 0.5) is 0 Å². The van der Waals surface area contributed by atoms with Crippen molar-refractivity contribution in [2.24, 2.45) is 5.34 Å². The molecule has 6 heteroatoms. The van der Waals surface area contributed by atoms with Gasteiger partial charge < -0.3 is 5.11 Å². The number of carbonyl (C=O) groups is 2. The van der Waals surface area contributed by atoms with E-state index in [1.54, 1.807) is 0 Å². The fourth-order valence-electron chi connectivity index (χ4n) is 1.54. The molecule has 0 aromatic carbocycles. The SMILES string of the molecule is CCCCCCCC/C(=C/C(=O)ON=O)C(=O)O. The molecule has 0 saturated carbocycles. The standard InChI is InChI=1S/C12H19NO5/c1-2-3-4-5-6-7-8-10(12(15)16)9-11(14)18-13-17/h9H,2-8H2,1H3,(H,15,16)/b10-9-. The van der Waals surface area contributed by atoms with E-state index in [1.807, 2.05) is 5.34 Å². The van der Waals surface area contributed by atoms with E-state index in [9.17, 15) is 14.5 Å². The van der Waals surface area contributed by atoms with Crippen LogP contribution in [0.3, 0.4) is 0 Å². The monoisotopic (exact) mass is 257 g/mol. The predicted octanol–water partition coefficient (Wildman–Crippen LogP) is 2.97. The van der Waals surface area contributed by atoms with E-state index in [-0.39, 0.29) is 12.0 Å². The summed E-state index contributed by atoms with van der Waals surface area (Å²) in [6.07, 6.45) is 7.24. The molecule has 0 fully saturated rings. The van der Waals surface area contributed by atoms with E-state index in [0.717, 1.165) is 31.8 Å². The van der Waals surface area contributed by atoms with E-state index in [2.05, 4.69) is 11.8 Å². The number of carboxylic acid groups (broad SMARTS) is 1. The number of aliphatic carboxylic acids is 1. The van der Waals surface area contributed by atoms with Gasteiger partial charge in [0, 0.05) is 11.6 Å². The molecular formula is C12H19NO5. The lowest BCUT2D eigenvalue weighted by Crippen LogP contribution is -2.05. The lowest BCUT2D eigenvalue weighted by Gasteiger charge is -2.02. The van der Waals surface area contributed by atoms with E-state index < -0.39 is 11.9 Å². The summed E-state index contributed by atoms with van der Waals surface area (Å²) in [7, 11) is 0. The molecule has 0 atom stereocenters. The molecule has 0 unspecified atom stereocenters. The Hall–Kier alpha value is -1.72. The zero-order chi connectivity index (χ0) is 13.8. The summed E-state index contributed by atoms with van der Waals surface area (Å²) in [5.41, 5.74) is -0.0564. The first-order chi connectivity index (χ1) is 8.61. The average Bonchev–Trinajstić information content (AvgIpc) is 2.32. The van der Waals surface area contributed by atoms with Crippen LogP contribution < -0.4 is 0 Å². The number of carbonyl (C=O) groups excluding carboxylic acids is 1. The van der Waals surface area contributed by atoms with Gasteiger partial charge in [-0.2, -0.15) is 0 Å². The Morgan fingerprint density at radius 1 is 1.17 bits per heavy atom. The van der Waals surface area contributed by atoms with Crippen molar-refractivity contribution in [1.82, 2.24) is 0 Å². The number of hydrogen-bond acceptors (Lipinski definition) is 5. The second-order valence-corrected chi connectivity index (χ2v) is 3.98. The van der Waals surface area contributed by atoms with Crippen molar-refractivity contribution in [1.29, 1.82) is 0 Å². The molecule has 1 N–H and O–H groups in total. The molecule has 0 aromatic heterocycles. The first kappa shape index (κ1) is 16.3. The molecule has 0 aliphatic heterocycles. The van der Waals surface area contributed by atoms with Crippen molar-refractivity contribution < 1.29 is 19.5 Å². The first-order valence-corrected chi connectivity index (χ1v) is 6.09. The fourth-order valence-corrected chi connectivity index (χ4v) is 1.54. The molecule has 0 aromatic rings. The molecule has 0 rings (SSSR count). The highest BCUT2D eigenvalue weighted by Gasteiger charge is 2.10. The highest BCUT2D eigenvalue weighted by atomic mass is 16.7. The van der Waals surface area contributed by atoms with Crippen LogP contribution in [0.25, 0.3) is 0 Å². The van der Waals surface area contributed by atoms with Gasteiger partial charge in [0.05, 0.1) is 0 Å². The molecule has 0 aliphatic carbocycles. The van der Waals surface area contributed by atoms with Crippen LogP contribution in [0.5, 0.6) is 0 Å². The van der Waals surface area contributed by atoms with Crippen LogP contribution in [0.15, 0.2) is 17.0 Å². The van der Waals surface area contributed by atoms with Gasteiger partial charge in [-0.15, -0.1) is 4.91 Å². The summed E-state index contributed by atoms with van der Waals surface area (Å²) in [5, 5.41) is 10.8. The van der Waals surface area contributed by atoms with Gasteiger partial charge in [0.1, 0.15) is 0 Å². The summed E-state index contributed by atoms with van der Waals surface area (Å²) < 4.78 is 0. The summed E-state index contributed by atoms with van der Waals surface area (Å²) >= 11 is 0. The molecule has 0 radical (unpaired) electrons. The van der Waals surface area contributed by atoms with Gasteiger partial charge in [0.15, 0.2) is 5.34 Å². The molecule has 18 heavy (non-hydrogen) atoms. The number of unbranched alkanes of at least 4 members (excludes halogenated alkanes) is 5. The maximum absolute atomic E-state index is 10.9. The van der Waals surface area contributed by atoms with Crippen LogP contribution in [0.2, 0.25) is 0 Å². The minimum atomic E-state index is -1.17. The second kappa shape index (κ2) is 10.4. The van der Waals surface area contributed by atoms with E-state index in [1.165, 1.54) is 6.42 Å². The minimum absolute atomic E-state index is 0.0564. The Balaban J connectivity index is 4.02. The van der Waals surface area contributed by atoms with Crippen molar-refractivity contribution in [2.75, 3.05) is 0 Å². The lowest BCUT2D eigenvalue weighted by atomic mass is 10.0. The normalized spacial score (nSPS) is 11.1. The topological polar surface area (TPSA) is 93.0 Å². The molecule has 0 amide bonds. The molecule has 102 valence electrons. The van der Waals surface area contributed by atoms with Crippen molar-refractivity contribution in [3.8, 4) is 0 Å². The number of carboxylic acids is 1. The smallest absolute Gasteiger partial charge is 0.362 e. The first-order valence-electron chi connectivity index (χ1n) is 6.09. The second-order valence-electron chi connectivity index (χ2n) is 3.98. The fraction of sp³-hybridized carbons (Fsp3) is 0.667. The quantitative estimate of drug-likeness (QED) is 0.281. The van der Waals surface area contributed by atoms with Crippen LogP contribution in [0, 0.1) is 4.91 Å². The third-order valence-electron chi connectivity index (χ3n) is 2.49. The van der Waals surface area contributed by atoms with Crippen molar-refractivity contribution in [3.63, 3.8) is 0 Å². The Bertz CT molecular complexity index is 312. The lowest BCUT2D eigenvalue weighted by molar-refractivity contribution is -0.139. The largest absolute Gasteiger partial charge is 0.478 e. The van der Waals surface area contributed by atoms with Gasteiger partial charge in [0.2, 0.25) is 0 Å². The molecular weight excluding hydrogens is 238 g/mol. The van der Waals surface area contributed by atoms with Crippen LogP contribution in [0.1, 0.15) is 51.9 Å². The molecule has 0 heterocycles.